The summed E-state index contributed by atoms with van der Waals surface area (Å²) in [5.74, 6) is 0.583. The maximum atomic E-state index is 13.4. The summed E-state index contributed by atoms with van der Waals surface area (Å²) < 4.78 is 21.8. The predicted molar refractivity (Wildman–Crippen MR) is 133 cm³/mol. The van der Waals surface area contributed by atoms with E-state index in [-0.39, 0.29) is 29.6 Å². The van der Waals surface area contributed by atoms with E-state index in [9.17, 15) is 14.0 Å². The van der Waals surface area contributed by atoms with Crippen molar-refractivity contribution >= 4 is 40.0 Å². The SMILES string of the molecule is COc1ccc(NC(=O)CSc2nnc3n(Cc4ccc(F)cc4)c(=O)c4ccccc4n23)cc1. The summed E-state index contributed by atoms with van der Waals surface area (Å²) in [6, 6.07) is 20.2. The Morgan fingerprint density at radius 1 is 1.03 bits per heavy atom. The lowest BCUT2D eigenvalue weighted by molar-refractivity contribution is -0.113. The summed E-state index contributed by atoms with van der Waals surface area (Å²) in [5, 5.41) is 12.3. The number of nitrogens with one attached hydrogen (secondary N) is 1. The third-order valence-electron chi connectivity index (χ3n) is 5.44. The van der Waals surface area contributed by atoms with Crippen molar-refractivity contribution in [2.45, 2.75) is 11.7 Å². The van der Waals surface area contributed by atoms with Crippen molar-refractivity contribution in [3.05, 3.63) is 94.5 Å². The molecule has 0 spiro atoms. The Morgan fingerprint density at radius 3 is 2.51 bits per heavy atom. The topological polar surface area (TPSA) is 90.5 Å². The first kappa shape index (κ1) is 22.6. The molecule has 8 nitrogen and oxygen atoms in total. The Kier molecular flexibility index (Phi) is 6.19. The van der Waals surface area contributed by atoms with E-state index in [4.69, 9.17) is 4.74 Å². The molecule has 0 bridgehead atoms. The normalized spacial score (nSPS) is 11.1. The molecular weight excluding hydrogens is 469 g/mol. The van der Waals surface area contributed by atoms with Gasteiger partial charge in [-0.1, -0.05) is 36.0 Å². The van der Waals surface area contributed by atoms with E-state index in [1.54, 1.807) is 60.0 Å². The number of hydrogen-bond acceptors (Lipinski definition) is 6. The number of methoxy groups -OCH3 is 1. The fourth-order valence-corrected chi connectivity index (χ4v) is 4.48. The number of amides is 1. The summed E-state index contributed by atoms with van der Waals surface area (Å²) in [5.41, 5.74) is 1.83. The molecule has 2 heterocycles. The molecule has 10 heteroatoms. The Hall–Kier alpha value is -4.18. The van der Waals surface area contributed by atoms with Gasteiger partial charge < -0.3 is 10.1 Å². The molecule has 1 amide bonds. The number of hydrogen-bond donors (Lipinski definition) is 1. The highest BCUT2D eigenvalue weighted by Gasteiger charge is 2.18. The van der Waals surface area contributed by atoms with Crippen molar-refractivity contribution in [1.82, 2.24) is 19.2 Å². The van der Waals surface area contributed by atoms with Crippen LogP contribution in [-0.4, -0.2) is 37.9 Å². The fraction of sp³-hybridized carbons (Fsp3) is 0.120. The smallest absolute Gasteiger partial charge is 0.263 e. The zero-order valence-electron chi connectivity index (χ0n) is 18.6. The van der Waals surface area contributed by atoms with Crippen LogP contribution in [0.3, 0.4) is 0 Å². The molecule has 0 saturated heterocycles. The molecule has 5 aromatic rings. The van der Waals surface area contributed by atoms with E-state index in [1.165, 1.54) is 28.5 Å². The molecule has 5 rings (SSSR count). The third-order valence-corrected chi connectivity index (χ3v) is 6.37. The standard InChI is InChI=1S/C25H20FN5O3S/c1-34-19-12-10-18(11-13-19)27-22(32)15-35-25-29-28-24-30(14-16-6-8-17(26)9-7-16)23(33)20-4-2-3-5-21(20)31(24)25/h2-13H,14-15H2,1H3,(H,27,32). The minimum Gasteiger partial charge on any atom is -0.497 e. The maximum absolute atomic E-state index is 13.4. The molecule has 0 unspecified atom stereocenters. The van der Waals surface area contributed by atoms with Crippen LogP contribution < -0.4 is 15.6 Å². The average molecular weight is 490 g/mol. The second-order valence-electron chi connectivity index (χ2n) is 7.72. The zero-order chi connectivity index (χ0) is 24.4. The number of rotatable bonds is 7. The zero-order valence-corrected chi connectivity index (χ0v) is 19.5. The molecular formula is C25H20FN5O3S. The summed E-state index contributed by atoms with van der Waals surface area (Å²) in [4.78, 5) is 25.8. The molecule has 35 heavy (non-hydrogen) atoms. The van der Waals surface area contributed by atoms with Crippen molar-refractivity contribution < 1.29 is 13.9 Å². The molecule has 0 aliphatic rings. The van der Waals surface area contributed by atoms with Gasteiger partial charge in [0.1, 0.15) is 11.6 Å². The van der Waals surface area contributed by atoms with Crippen molar-refractivity contribution in [2.24, 2.45) is 0 Å². The molecule has 0 aliphatic carbocycles. The van der Waals surface area contributed by atoms with Gasteiger partial charge in [-0.25, -0.2) is 4.39 Å². The quantitative estimate of drug-likeness (QED) is 0.348. The molecule has 0 saturated carbocycles. The van der Waals surface area contributed by atoms with Crippen LogP contribution in [0.15, 0.2) is 82.7 Å². The van der Waals surface area contributed by atoms with Crippen LogP contribution in [0.2, 0.25) is 0 Å². The molecule has 0 atom stereocenters. The average Bonchev–Trinajstić information content (AvgIpc) is 3.31. The Bertz CT molecular complexity index is 1580. The number of halogens is 1. The number of fused-ring (bicyclic) bond motifs is 3. The van der Waals surface area contributed by atoms with Gasteiger partial charge in [-0.2, -0.15) is 0 Å². The van der Waals surface area contributed by atoms with Crippen LogP contribution >= 0.6 is 11.8 Å². The van der Waals surface area contributed by atoms with E-state index >= 15 is 0 Å². The molecule has 0 radical (unpaired) electrons. The number of carbonyl (C=O) groups is 1. The minimum atomic E-state index is -0.348. The third kappa shape index (κ3) is 4.60. The van der Waals surface area contributed by atoms with Crippen LogP contribution in [0.1, 0.15) is 5.56 Å². The van der Waals surface area contributed by atoms with Crippen LogP contribution in [0.25, 0.3) is 16.7 Å². The van der Waals surface area contributed by atoms with Gasteiger partial charge in [-0.3, -0.25) is 18.6 Å². The molecule has 0 aliphatic heterocycles. The van der Waals surface area contributed by atoms with Crippen molar-refractivity contribution in [1.29, 1.82) is 0 Å². The van der Waals surface area contributed by atoms with Gasteiger partial charge in [0.2, 0.25) is 11.7 Å². The highest BCUT2D eigenvalue weighted by Crippen LogP contribution is 2.23. The van der Waals surface area contributed by atoms with E-state index < -0.39 is 0 Å². The Balaban J connectivity index is 1.46. The van der Waals surface area contributed by atoms with Crippen molar-refractivity contribution in [3.8, 4) is 5.75 Å². The van der Waals surface area contributed by atoms with Crippen LogP contribution in [0.5, 0.6) is 5.75 Å². The number of thioether (sulfide) groups is 1. The summed E-state index contributed by atoms with van der Waals surface area (Å²) in [7, 11) is 1.58. The lowest BCUT2D eigenvalue weighted by Gasteiger charge is -2.11. The Labute approximate surface area is 203 Å². The lowest BCUT2D eigenvalue weighted by atomic mass is 10.2. The van der Waals surface area contributed by atoms with Gasteiger partial charge in [-0.15, -0.1) is 10.2 Å². The first-order valence-electron chi connectivity index (χ1n) is 10.7. The fourth-order valence-electron chi connectivity index (χ4n) is 3.74. The second kappa shape index (κ2) is 9.59. The highest BCUT2D eigenvalue weighted by atomic mass is 32.2. The van der Waals surface area contributed by atoms with Gasteiger partial charge in [0, 0.05) is 5.69 Å². The number of nitrogens with zero attached hydrogens (tertiary/aromatic N) is 4. The van der Waals surface area contributed by atoms with E-state index in [0.717, 1.165) is 5.56 Å². The van der Waals surface area contributed by atoms with E-state index in [2.05, 4.69) is 15.5 Å². The number of benzene rings is 3. The monoisotopic (exact) mass is 489 g/mol. The molecule has 176 valence electrons. The number of ether oxygens (including phenoxy) is 1. The minimum absolute atomic E-state index is 0.0955. The summed E-state index contributed by atoms with van der Waals surface area (Å²) in [6.07, 6.45) is 0. The number of anilines is 1. The lowest BCUT2D eigenvalue weighted by Crippen LogP contribution is -2.24. The van der Waals surface area contributed by atoms with Gasteiger partial charge in [0.25, 0.3) is 5.56 Å². The number of aromatic nitrogens is 4. The predicted octanol–water partition coefficient (Wildman–Crippen LogP) is 3.97. The van der Waals surface area contributed by atoms with Crippen LogP contribution in [0.4, 0.5) is 10.1 Å². The van der Waals surface area contributed by atoms with E-state index in [1.807, 2.05) is 12.1 Å². The Morgan fingerprint density at radius 2 is 1.77 bits per heavy atom. The molecule has 1 N–H and O–H groups in total. The van der Waals surface area contributed by atoms with Gasteiger partial charge >= 0.3 is 0 Å². The summed E-state index contributed by atoms with van der Waals surface area (Å²) in [6.45, 7) is 0.203. The van der Waals surface area contributed by atoms with Crippen molar-refractivity contribution in [2.75, 3.05) is 18.2 Å². The number of carbonyl (C=O) groups excluding carboxylic acids is 1. The first-order valence-corrected chi connectivity index (χ1v) is 11.7. The molecule has 3 aromatic carbocycles. The number of para-hydroxylation sites is 1. The first-order chi connectivity index (χ1) is 17.0. The second-order valence-corrected chi connectivity index (χ2v) is 8.66. The van der Waals surface area contributed by atoms with Gasteiger partial charge in [0.05, 0.1) is 30.3 Å². The molecule has 0 fully saturated rings. The van der Waals surface area contributed by atoms with E-state index in [0.29, 0.717) is 33.3 Å². The molecule has 2 aromatic heterocycles. The van der Waals surface area contributed by atoms with Gasteiger partial charge in [0.15, 0.2) is 5.16 Å². The largest absolute Gasteiger partial charge is 0.497 e. The van der Waals surface area contributed by atoms with Crippen molar-refractivity contribution in [3.63, 3.8) is 0 Å². The highest BCUT2D eigenvalue weighted by molar-refractivity contribution is 7.99. The van der Waals surface area contributed by atoms with Crippen LogP contribution in [-0.2, 0) is 11.3 Å². The maximum Gasteiger partial charge on any atom is 0.263 e. The van der Waals surface area contributed by atoms with Crippen LogP contribution in [0, 0.1) is 5.82 Å². The van der Waals surface area contributed by atoms with Gasteiger partial charge in [-0.05, 0) is 54.1 Å². The summed E-state index contributed by atoms with van der Waals surface area (Å²) >= 11 is 1.22.